The first-order valence-electron chi connectivity index (χ1n) is 6.67. The van der Waals surface area contributed by atoms with Gasteiger partial charge in [-0.3, -0.25) is 9.48 Å². The molecule has 0 saturated heterocycles. The van der Waals surface area contributed by atoms with Gasteiger partial charge >= 0.3 is 0 Å². The predicted molar refractivity (Wildman–Crippen MR) is 70.2 cm³/mol. The van der Waals surface area contributed by atoms with Gasteiger partial charge in [-0.05, 0) is 39.3 Å². The molecule has 0 spiro atoms. The number of aryl methyl sites for hydroxylation is 1. The fourth-order valence-electron chi connectivity index (χ4n) is 2.55. The van der Waals surface area contributed by atoms with Gasteiger partial charge in [-0.25, -0.2) is 0 Å². The van der Waals surface area contributed by atoms with Crippen molar-refractivity contribution in [1.82, 2.24) is 20.4 Å². The number of amides is 1. The number of rotatable bonds is 5. The maximum absolute atomic E-state index is 11.8. The van der Waals surface area contributed by atoms with Gasteiger partial charge in [0.25, 0.3) is 0 Å². The van der Waals surface area contributed by atoms with E-state index in [1.165, 1.54) is 11.3 Å². The zero-order chi connectivity index (χ0) is 13.0. The molecule has 0 saturated carbocycles. The van der Waals surface area contributed by atoms with Crippen molar-refractivity contribution < 1.29 is 4.79 Å². The maximum Gasteiger partial charge on any atom is 0.220 e. The van der Waals surface area contributed by atoms with Crippen LogP contribution in [0.25, 0.3) is 0 Å². The summed E-state index contributed by atoms with van der Waals surface area (Å²) in [4.78, 5) is 11.8. The number of nitrogens with one attached hydrogen (secondary N) is 2. The second-order valence-corrected chi connectivity index (χ2v) is 4.89. The van der Waals surface area contributed by atoms with Crippen LogP contribution in [0.1, 0.15) is 43.0 Å². The molecule has 0 fully saturated rings. The first-order valence-corrected chi connectivity index (χ1v) is 6.67. The fraction of sp³-hybridized carbons (Fsp3) is 0.692. The summed E-state index contributed by atoms with van der Waals surface area (Å²) in [6.07, 6.45) is 6.58. The zero-order valence-electron chi connectivity index (χ0n) is 11.2. The standard InChI is InChI=1S/C13H22N4O/c1-14-8-4-7-13(18)16-11-5-3-6-12-10(11)9-15-17(12)2/h9,11,14H,3-8H2,1-2H3,(H,16,18). The number of hydrogen-bond acceptors (Lipinski definition) is 3. The van der Waals surface area contributed by atoms with Crippen molar-refractivity contribution in [1.29, 1.82) is 0 Å². The summed E-state index contributed by atoms with van der Waals surface area (Å²) in [6.45, 7) is 0.885. The Bertz CT molecular complexity index is 413. The van der Waals surface area contributed by atoms with E-state index in [-0.39, 0.29) is 11.9 Å². The van der Waals surface area contributed by atoms with Crippen LogP contribution in [-0.2, 0) is 18.3 Å². The van der Waals surface area contributed by atoms with Gasteiger partial charge in [-0.2, -0.15) is 5.10 Å². The van der Waals surface area contributed by atoms with Gasteiger partial charge in [0.15, 0.2) is 0 Å². The Morgan fingerprint density at radius 1 is 1.61 bits per heavy atom. The Morgan fingerprint density at radius 2 is 2.44 bits per heavy atom. The Morgan fingerprint density at radius 3 is 3.22 bits per heavy atom. The van der Waals surface area contributed by atoms with Crippen molar-refractivity contribution in [3.05, 3.63) is 17.5 Å². The van der Waals surface area contributed by atoms with Crippen LogP contribution < -0.4 is 10.6 Å². The highest BCUT2D eigenvalue weighted by molar-refractivity contribution is 5.76. The molecule has 100 valence electrons. The Kier molecular flexibility index (Phi) is 4.36. The number of nitrogens with zero attached hydrogens (tertiary/aromatic N) is 2. The van der Waals surface area contributed by atoms with E-state index in [1.54, 1.807) is 0 Å². The van der Waals surface area contributed by atoms with E-state index in [1.807, 2.05) is 25.0 Å². The molecule has 5 heteroatoms. The summed E-state index contributed by atoms with van der Waals surface area (Å²) in [6, 6.07) is 0.157. The molecular weight excluding hydrogens is 228 g/mol. The van der Waals surface area contributed by atoms with Gasteiger partial charge < -0.3 is 10.6 Å². The van der Waals surface area contributed by atoms with Gasteiger partial charge in [0.1, 0.15) is 0 Å². The largest absolute Gasteiger partial charge is 0.349 e. The van der Waals surface area contributed by atoms with Crippen molar-refractivity contribution >= 4 is 5.91 Å². The third kappa shape index (κ3) is 2.90. The minimum absolute atomic E-state index is 0.145. The second kappa shape index (κ2) is 6.00. The lowest BCUT2D eigenvalue weighted by molar-refractivity contribution is -0.122. The van der Waals surface area contributed by atoms with Crippen molar-refractivity contribution in [2.24, 2.45) is 7.05 Å². The number of carbonyl (C=O) groups excluding carboxylic acids is 1. The van der Waals surface area contributed by atoms with Crippen LogP contribution in [0.5, 0.6) is 0 Å². The van der Waals surface area contributed by atoms with Crippen molar-refractivity contribution in [2.75, 3.05) is 13.6 Å². The minimum atomic E-state index is 0.145. The zero-order valence-corrected chi connectivity index (χ0v) is 11.2. The molecule has 0 radical (unpaired) electrons. The molecule has 2 N–H and O–H groups in total. The van der Waals surface area contributed by atoms with E-state index >= 15 is 0 Å². The Balaban J connectivity index is 1.92. The molecule has 0 aliphatic heterocycles. The van der Waals surface area contributed by atoms with Crippen LogP contribution in [0.2, 0.25) is 0 Å². The molecule has 1 atom stereocenters. The minimum Gasteiger partial charge on any atom is -0.349 e. The van der Waals surface area contributed by atoms with Gasteiger partial charge in [0.05, 0.1) is 12.2 Å². The van der Waals surface area contributed by atoms with Crippen LogP contribution in [-0.4, -0.2) is 29.3 Å². The summed E-state index contributed by atoms with van der Waals surface area (Å²) >= 11 is 0. The number of carbonyl (C=O) groups is 1. The van der Waals surface area contributed by atoms with E-state index in [4.69, 9.17) is 0 Å². The summed E-state index contributed by atoms with van der Waals surface area (Å²) in [5.41, 5.74) is 2.47. The topological polar surface area (TPSA) is 59.0 Å². The van der Waals surface area contributed by atoms with E-state index in [2.05, 4.69) is 15.7 Å². The normalized spacial score (nSPS) is 18.4. The molecule has 1 aromatic rings. The smallest absolute Gasteiger partial charge is 0.220 e. The molecule has 0 aromatic carbocycles. The molecule has 5 nitrogen and oxygen atoms in total. The van der Waals surface area contributed by atoms with Crippen LogP contribution >= 0.6 is 0 Å². The average molecular weight is 250 g/mol. The van der Waals surface area contributed by atoms with Crippen LogP contribution in [0.15, 0.2) is 6.20 Å². The van der Waals surface area contributed by atoms with E-state index in [0.29, 0.717) is 6.42 Å². The highest BCUT2D eigenvalue weighted by Gasteiger charge is 2.24. The summed E-state index contributed by atoms with van der Waals surface area (Å²) < 4.78 is 1.93. The third-order valence-electron chi connectivity index (χ3n) is 3.54. The molecule has 2 rings (SSSR count). The van der Waals surface area contributed by atoms with E-state index in [9.17, 15) is 4.79 Å². The van der Waals surface area contributed by atoms with Crippen LogP contribution in [0.3, 0.4) is 0 Å². The fourth-order valence-corrected chi connectivity index (χ4v) is 2.55. The lowest BCUT2D eigenvalue weighted by Crippen LogP contribution is -2.31. The summed E-state index contributed by atoms with van der Waals surface area (Å²) in [5.74, 6) is 0.145. The number of fused-ring (bicyclic) bond motifs is 1. The summed E-state index contributed by atoms with van der Waals surface area (Å²) in [7, 11) is 3.87. The predicted octanol–water partition coefficient (Wildman–Crippen LogP) is 0.913. The highest BCUT2D eigenvalue weighted by atomic mass is 16.1. The molecule has 1 heterocycles. The SMILES string of the molecule is CNCCCC(=O)NC1CCCc2c1cnn2C. The molecule has 1 aromatic heterocycles. The maximum atomic E-state index is 11.8. The monoisotopic (exact) mass is 250 g/mol. The molecule has 0 bridgehead atoms. The quantitative estimate of drug-likeness (QED) is 0.764. The Hall–Kier alpha value is -1.36. The lowest BCUT2D eigenvalue weighted by atomic mass is 9.93. The molecular formula is C13H22N4O. The van der Waals surface area contributed by atoms with E-state index in [0.717, 1.165) is 32.2 Å². The lowest BCUT2D eigenvalue weighted by Gasteiger charge is -2.23. The van der Waals surface area contributed by atoms with Crippen molar-refractivity contribution in [3.63, 3.8) is 0 Å². The van der Waals surface area contributed by atoms with Gasteiger partial charge in [-0.1, -0.05) is 0 Å². The average Bonchev–Trinajstić information content (AvgIpc) is 2.73. The molecule has 1 aliphatic carbocycles. The first kappa shape index (κ1) is 13.1. The number of hydrogen-bond donors (Lipinski definition) is 2. The third-order valence-corrected chi connectivity index (χ3v) is 3.54. The highest BCUT2D eigenvalue weighted by Crippen LogP contribution is 2.29. The van der Waals surface area contributed by atoms with Gasteiger partial charge in [0, 0.05) is 24.7 Å². The summed E-state index contributed by atoms with van der Waals surface area (Å²) in [5, 5.41) is 10.5. The van der Waals surface area contributed by atoms with Crippen molar-refractivity contribution in [3.8, 4) is 0 Å². The van der Waals surface area contributed by atoms with Crippen LogP contribution in [0, 0.1) is 0 Å². The van der Waals surface area contributed by atoms with Crippen LogP contribution in [0.4, 0.5) is 0 Å². The van der Waals surface area contributed by atoms with Gasteiger partial charge in [0.2, 0.25) is 5.91 Å². The molecule has 18 heavy (non-hydrogen) atoms. The first-order chi connectivity index (χ1) is 8.72. The van der Waals surface area contributed by atoms with E-state index < -0.39 is 0 Å². The number of aromatic nitrogens is 2. The second-order valence-electron chi connectivity index (χ2n) is 4.89. The van der Waals surface area contributed by atoms with Gasteiger partial charge in [-0.15, -0.1) is 0 Å². The molecule has 1 amide bonds. The Labute approximate surface area is 108 Å². The molecule has 1 unspecified atom stereocenters. The van der Waals surface area contributed by atoms with Crippen molar-refractivity contribution in [2.45, 2.75) is 38.1 Å². The molecule has 1 aliphatic rings.